The summed E-state index contributed by atoms with van der Waals surface area (Å²) < 4.78 is 5.18. The second-order valence-corrected chi connectivity index (χ2v) is 5.93. The number of piperazine rings is 1. The second-order valence-electron chi connectivity index (χ2n) is 5.93. The number of benzene rings is 1. The number of methoxy groups -OCH3 is 1. The fraction of sp³-hybridized carbons (Fsp3) is 0.625. The quantitative estimate of drug-likeness (QED) is 0.881. The van der Waals surface area contributed by atoms with Crippen LogP contribution in [0.2, 0.25) is 0 Å². The molecular formula is C16H26N2O. The lowest BCUT2D eigenvalue weighted by molar-refractivity contribution is 0.0895. The number of aryl methyl sites for hydroxylation is 1. The van der Waals surface area contributed by atoms with Crippen molar-refractivity contribution in [3.05, 3.63) is 29.8 Å². The van der Waals surface area contributed by atoms with E-state index in [4.69, 9.17) is 4.74 Å². The van der Waals surface area contributed by atoms with E-state index < -0.39 is 0 Å². The molecule has 1 saturated heterocycles. The molecule has 0 amide bonds. The van der Waals surface area contributed by atoms with Gasteiger partial charge in [0.05, 0.1) is 7.11 Å². The van der Waals surface area contributed by atoms with Gasteiger partial charge >= 0.3 is 0 Å². The number of ether oxygens (including phenoxy) is 1. The summed E-state index contributed by atoms with van der Waals surface area (Å²) in [6.07, 6.45) is 2.36. The molecule has 0 bridgehead atoms. The molecule has 0 aromatic heterocycles. The Bertz CT molecular complexity index is 386. The van der Waals surface area contributed by atoms with Gasteiger partial charge in [-0.2, -0.15) is 0 Å². The van der Waals surface area contributed by atoms with Gasteiger partial charge in [0.15, 0.2) is 0 Å². The normalized spacial score (nSPS) is 19.3. The first kappa shape index (κ1) is 14.4. The first-order chi connectivity index (χ1) is 9.12. The first-order valence-electron chi connectivity index (χ1n) is 7.20. The van der Waals surface area contributed by atoms with E-state index in [0.717, 1.165) is 31.8 Å². The third kappa shape index (κ3) is 3.95. The van der Waals surface area contributed by atoms with Crippen LogP contribution < -0.4 is 10.1 Å². The molecule has 1 aliphatic heterocycles. The minimum absolute atomic E-state index is 0.290. The van der Waals surface area contributed by atoms with Crippen LogP contribution in [0.25, 0.3) is 0 Å². The van der Waals surface area contributed by atoms with Crippen LogP contribution >= 0.6 is 0 Å². The third-order valence-electron chi connectivity index (χ3n) is 4.02. The highest BCUT2D eigenvalue weighted by Crippen LogP contribution is 2.18. The average Bonchev–Trinajstić information content (AvgIpc) is 2.41. The predicted octanol–water partition coefficient (Wildman–Crippen LogP) is 2.31. The van der Waals surface area contributed by atoms with Gasteiger partial charge in [-0.25, -0.2) is 0 Å². The van der Waals surface area contributed by atoms with Crippen LogP contribution in [0.5, 0.6) is 5.75 Å². The van der Waals surface area contributed by atoms with Crippen molar-refractivity contribution < 1.29 is 4.74 Å². The molecule has 1 aromatic carbocycles. The van der Waals surface area contributed by atoms with Gasteiger partial charge in [-0.1, -0.05) is 12.1 Å². The van der Waals surface area contributed by atoms with Crippen LogP contribution in [0.4, 0.5) is 0 Å². The van der Waals surface area contributed by atoms with Crippen LogP contribution in [0.15, 0.2) is 24.3 Å². The highest BCUT2D eigenvalue weighted by molar-refractivity contribution is 5.27. The Balaban J connectivity index is 1.79. The Labute approximate surface area is 116 Å². The van der Waals surface area contributed by atoms with Crippen molar-refractivity contribution >= 4 is 0 Å². The van der Waals surface area contributed by atoms with Gasteiger partial charge < -0.3 is 10.1 Å². The van der Waals surface area contributed by atoms with Gasteiger partial charge in [-0.15, -0.1) is 0 Å². The van der Waals surface area contributed by atoms with Crippen LogP contribution in [0.1, 0.15) is 25.8 Å². The lowest BCUT2D eigenvalue weighted by atomic mass is 9.99. The summed E-state index contributed by atoms with van der Waals surface area (Å²) in [5.41, 5.74) is 1.69. The molecule has 1 N–H and O–H groups in total. The van der Waals surface area contributed by atoms with E-state index in [1.165, 1.54) is 18.5 Å². The molecule has 0 unspecified atom stereocenters. The zero-order chi connectivity index (χ0) is 13.7. The van der Waals surface area contributed by atoms with Crippen molar-refractivity contribution in [3.8, 4) is 5.75 Å². The second kappa shape index (κ2) is 6.40. The van der Waals surface area contributed by atoms with Crippen molar-refractivity contribution in [1.29, 1.82) is 0 Å². The van der Waals surface area contributed by atoms with Gasteiger partial charge in [0.2, 0.25) is 0 Å². The number of rotatable bonds is 5. The monoisotopic (exact) mass is 262 g/mol. The number of hydrogen-bond acceptors (Lipinski definition) is 3. The predicted molar refractivity (Wildman–Crippen MR) is 79.8 cm³/mol. The van der Waals surface area contributed by atoms with Gasteiger partial charge in [-0.05, 0) is 50.9 Å². The van der Waals surface area contributed by atoms with Gasteiger partial charge in [0.1, 0.15) is 5.75 Å². The minimum atomic E-state index is 0.290. The summed E-state index contributed by atoms with van der Waals surface area (Å²) in [7, 11) is 1.71. The third-order valence-corrected chi connectivity index (χ3v) is 4.02. The number of hydrogen-bond donors (Lipinski definition) is 1. The molecule has 1 heterocycles. The maximum atomic E-state index is 5.18. The molecule has 1 aromatic rings. The smallest absolute Gasteiger partial charge is 0.118 e. The van der Waals surface area contributed by atoms with E-state index in [-0.39, 0.29) is 5.54 Å². The van der Waals surface area contributed by atoms with Crippen molar-refractivity contribution in [2.24, 2.45) is 0 Å². The summed E-state index contributed by atoms with van der Waals surface area (Å²) in [4.78, 5) is 2.60. The lowest BCUT2D eigenvalue weighted by Crippen LogP contribution is -2.58. The van der Waals surface area contributed by atoms with Gasteiger partial charge in [0, 0.05) is 25.2 Å². The van der Waals surface area contributed by atoms with Crippen LogP contribution in [-0.4, -0.2) is 43.7 Å². The molecule has 0 saturated carbocycles. The maximum Gasteiger partial charge on any atom is 0.118 e. The summed E-state index contributed by atoms with van der Waals surface area (Å²) in [6, 6.07) is 8.43. The molecule has 0 spiro atoms. The Morgan fingerprint density at radius 3 is 2.63 bits per heavy atom. The Morgan fingerprint density at radius 2 is 2.00 bits per heavy atom. The molecule has 2 rings (SSSR count). The highest BCUT2D eigenvalue weighted by atomic mass is 16.5. The van der Waals surface area contributed by atoms with Crippen LogP contribution in [0, 0.1) is 0 Å². The standard InChI is InChI=1S/C16H26N2O/c1-16(2)13-17-10-12-18(16)11-4-5-14-6-8-15(19-3)9-7-14/h6-9,17H,4-5,10-13H2,1-3H3. The van der Waals surface area contributed by atoms with Crippen molar-refractivity contribution in [1.82, 2.24) is 10.2 Å². The molecule has 106 valence electrons. The SMILES string of the molecule is COc1ccc(CCCN2CCNCC2(C)C)cc1. The molecule has 0 atom stereocenters. The van der Waals surface area contributed by atoms with Crippen molar-refractivity contribution in [2.45, 2.75) is 32.2 Å². The molecular weight excluding hydrogens is 236 g/mol. The molecule has 1 fully saturated rings. The molecule has 0 aliphatic carbocycles. The first-order valence-corrected chi connectivity index (χ1v) is 7.20. The zero-order valence-corrected chi connectivity index (χ0v) is 12.4. The highest BCUT2D eigenvalue weighted by Gasteiger charge is 2.28. The summed E-state index contributed by atoms with van der Waals surface area (Å²) in [6.45, 7) is 9.21. The maximum absolute atomic E-state index is 5.18. The fourth-order valence-corrected chi connectivity index (χ4v) is 2.70. The molecule has 3 heteroatoms. The summed E-state index contributed by atoms with van der Waals surface area (Å²) in [5, 5.41) is 3.47. The minimum Gasteiger partial charge on any atom is -0.497 e. The Hall–Kier alpha value is -1.06. The van der Waals surface area contributed by atoms with Crippen molar-refractivity contribution in [2.75, 3.05) is 33.3 Å². The van der Waals surface area contributed by atoms with E-state index in [1.807, 2.05) is 12.1 Å². The largest absolute Gasteiger partial charge is 0.497 e. The average molecular weight is 262 g/mol. The van der Waals surface area contributed by atoms with E-state index >= 15 is 0 Å². The summed E-state index contributed by atoms with van der Waals surface area (Å²) in [5.74, 6) is 0.937. The van der Waals surface area contributed by atoms with E-state index in [1.54, 1.807) is 7.11 Å². The topological polar surface area (TPSA) is 24.5 Å². The number of nitrogens with zero attached hydrogens (tertiary/aromatic N) is 1. The van der Waals surface area contributed by atoms with Crippen molar-refractivity contribution in [3.63, 3.8) is 0 Å². The Morgan fingerprint density at radius 1 is 1.26 bits per heavy atom. The Kier molecular flexibility index (Phi) is 4.83. The lowest BCUT2D eigenvalue weighted by Gasteiger charge is -2.43. The zero-order valence-electron chi connectivity index (χ0n) is 12.4. The fourth-order valence-electron chi connectivity index (χ4n) is 2.70. The molecule has 19 heavy (non-hydrogen) atoms. The summed E-state index contributed by atoms with van der Waals surface area (Å²) >= 11 is 0. The molecule has 1 aliphatic rings. The van der Waals surface area contributed by atoms with E-state index in [9.17, 15) is 0 Å². The van der Waals surface area contributed by atoms with Crippen LogP contribution in [-0.2, 0) is 6.42 Å². The van der Waals surface area contributed by atoms with E-state index in [2.05, 4.69) is 36.2 Å². The van der Waals surface area contributed by atoms with Gasteiger partial charge in [-0.3, -0.25) is 4.90 Å². The van der Waals surface area contributed by atoms with Gasteiger partial charge in [0.25, 0.3) is 0 Å². The molecule has 3 nitrogen and oxygen atoms in total. The van der Waals surface area contributed by atoms with E-state index in [0.29, 0.717) is 0 Å². The van der Waals surface area contributed by atoms with Crippen LogP contribution in [0.3, 0.4) is 0 Å². The number of nitrogens with one attached hydrogen (secondary N) is 1. The molecule has 0 radical (unpaired) electrons.